The van der Waals surface area contributed by atoms with E-state index in [0.29, 0.717) is 18.1 Å². The molecule has 2 nitrogen and oxygen atoms in total. The van der Waals surface area contributed by atoms with E-state index in [9.17, 15) is 4.79 Å². The predicted molar refractivity (Wildman–Crippen MR) is 63.8 cm³/mol. The van der Waals surface area contributed by atoms with E-state index in [1.807, 2.05) is 19.9 Å². The van der Waals surface area contributed by atoms with Crippen molar-refractivity contribution in [1.82, 2.24) is 0 Å². The highest BCUT2D eigenvalue weighted by atomic mass is 35.5. The van der Waals surface area contributed by atoms with Gasteiger partial charge in [-0.25, -0.2) is 0 Å². The molecule has 0 saturated heterocycles. The lowest BCUT2D eigenvalue weighted by atomic mass is 10.2. The van der Waals surface area contributed by atoms with Gasteiger partial charge < -0.3 is 4.74 Å². The van der Waals surface area contributed by atoms with Gasteiger partial charge in [0.25, 0.3) is 0 Å². The molecule has 0 saturated carbocycles. The third kappa shape index (κ3) is 8.01. The van der Waals surface area contributed by atoms with E-state index in [4.69, 9.17) is 16.3 Å². The molecule has 0 heterocycles. The summed E-state index contributed by atoms with van der Waals surface area (Å²) in [6, 6.07) is 0. The zero-order valence-corrected chi connectivity index (χ0v) is 10.2. The van der Waals surface area contributed by atoms with Crippen LogP contribution in [0.3, 0.4) is 0 Å². The van der Waals surface area contributed by atoms with Crippen LogP contribution in [0.15, 0.2) is 34.9 Å². The molecule has 0 fully saturated rings. The first kappa shape index (κ1) is 14.0. The van der Waals surface area contributed by atoms with Crippen molar-refractivity contribution in [3.63, 3.8) is 0 Å². The first-order valence-corrected chi connectivity index (χ1v) is 5.13. The summed E-state index contributed by atoms with van der Waals surface area (Å²) in [5.41, 5.74) is 1.94. The Morgan fingerprint density at radius 2 is 1.93 bits per heavy atom. The van der Waals surface area contributed by atoms with Gasteiger partial charge in [0, 0.05) is 18.4 Å². The molecule has 0 radical (unpaired) electrons. The van der Waals surface area contributed by atoms with Crippen molar-refractivity contribution in [2.45, 2.75) is 27.2 Å². The van der Waals surface area contributed by atoms with Crippen molar-refractivity contribution in [2.24, 2.45) is 0 Å². The Morgan fingerprint density at radius 3 is 2.40 bits per heavy atom. The van der Waals surface area contributed by atoms with Crippen LogP contribution < -0.4 is 0 Å². The highest BCUT2D eigenvalue weighted by Gasteiger charge is 1.98. The molecule has 0 N–H and O–H groups in total. The number of allylic oxidation sites excluding steroid dienone is 4. The molecule has 84 valence electrons. The Bertz CT molecular complexity index is 301. The second kappa shape index (κ2) is 7.30. The number of ether oxygens (including phenoxy) is 1. The van der Waals surface area contributed by atoms with E-state index in [1.54, 1.807) is 6.08 Å². The van der Waals surface area contributed by atoms with Crippen LogP contribution in [0, 0.1) is 0 Å². The molecular weight excluding hydrogens is 212 g/mol. The third-order valence-corrected chi connectivity index (χ3v) is 2.15. The Kier molecular flexibility index (Phi) is 6.80. The molecule has 0 rings (SSSR count). The monoisotopic (exact) mass is 228 g/mol. The molecule has 0 atom stereocenters. The van der Waals surface area contributed by atoms with Crippen LogP contribution in [0.4, 0.5) is 0 Å². The fraction of sp³-hybridized carbons (Fsp3) is 0.417. The zero-order valence-electron chi connectivity index (χ0n) is 9.47. The highest BCUT2D eigenvalue weighted by Crippen LogP contribution is 2.14. The van der Waals surface area contributed by atoms with Gasteiger partial charge in [0.2, 0.25) is 0 Å². The zero-order chi connectivity index (χ0) is 11.8. The molecular formula is C12H17ClO2. The van der Waals surface area contributed by atoms with Crippen LogP contribution in [-0.4, -0.2) is 12.6 Å². The molecule has 0 aliphatic carbocycles. The van der Waals surface area contributed by atoms with Crippen molar-refractivity contribution in [3.8, 4) is 0 Å². The quantitative estimate of drug-likeness (QED) is 0.531. The van der Waals surface area contributed by atoms with Gasteiger partial charge in [0.05, 0.1) is 6.61 Å². The van der Waals surface area contributed by atoms with E-state index < -0.39 is 0 Å². The molecule has 0 aromatic rings. The van der Waals surface area contributed by atoms with Crippen LogP contribution in [0.25, 0.3) is 0 Å². The van der Waals surface area contributed by atoms with Crippen molar-refractivity contribution in [3.05, 3.63) is 34.9 Å². The minimum absolute atomic E-state index is 0.267. The van der Waals surface area contributed by atoms with Gasteiger partial charge in [0.15, 0.2) is 0 Å². The van der Waals surface area contributed by atoms with Gasteiger partial charge in [0.1, 0.15) is 0 Å². The number of halogens is 1. The SMILES string of the molecule is C=C(C)/C=C/C(Cl)=C(\C)CCOC(C)=O. The van der Waals surface area contributed by atoms with Crippen molar-refractivity contribution in [1.29, 1.82) is 0 Å². The lowest BCUT2D eigenvalue weighted by molar-refractivity contribution is -0.140. The van der Waals surface area contributed by atoms with Crippen LogP contribution >= 0.6 is 11.6 Å². The number of hydrogen-bond acceptors (Lipinski definition) is 2. The lowest BCUT2D eigenvalue weighted by Crippen LogP contribution is -2.00. The van der Waals surface area contributed by atoms with Crippen LogP contribution in [0.5, 0.6) is 0 Å². The number of carbonyl (C=O) groups is 1. The van der Waals surface area contributed by atoms with Gasteiger partial charge in [-0.05, 0) is 19.9 Å². The van der Waals surface area contributed by atoms with E-state index in [0.717, 1.165) is 11.1 Å². The van der Waals surface area contributed by atoms with Gasteiger partial charge >= 0.3 is 5.97 Å². The van der Waals surface area contributed by atoms with Gasteiger partial charge in [-0.15, -0.1) is 0 Å². The maximum absolute atomic E-state index is 10.5. The Morgan fingerprint density at radius 1 is 1.33 bits per heavy atom. The fourth-order valence-electron chi connectivity index (χ4n) is 0.825. The van der Waals surface area contributed by atoms with Gasteiger partial charge in [-0.3, -0.25) is 4.79 Å². The molecule has 0 aliphatic heterocycles. The summed E-state index contributed by atoms with van der Waals surface area (Å²) in [6.45, 7) is 9.31. The number of rotatable bonds is 5. The molecule has 0 amide bonds. The summed E-state index contributed by atoms with van der Waals surface area (Å²) < 4.78 is 4.81. The summed E-state index contributed by atoms with van der Waals surface area (Å²) >= 11 is 6.00. The molecule has 0 aromatic heterocycles. The van der Waals surface area contributed by atoms with Crippen LogP contribution in [0.2, 0.25) is 0 Å². The van der Waals surface area contributed by atoms with Crippen molar-refractivity contribution in [2.75, 3.05) is 6.61 Å². The smallest absolute Gasteiger partial charge is 0.302 e. The Labute approximate surface area is 96.3 Å². The third-order valence-electron chi connectivity index (χ3n) is 1.70. The van der Waals surface area contributed by atoms with Crippen LogP contribution in [-0.2, 0) is 9.53 Å². The summed E-state index contributed by atoms with van der Waals surface area (Å²) in [4.78, 5) is 10.5. The first-order chi connectivity index (χ1) is 6.93. The molecule has 15 heavy (non-hydrogen) atoms. The van der Waals surface area contributed by atoms with Crippen molar-refractivity contribution >= 4 is 17.6 Å². The van der Waals surface area contributed by atoms with Gasteiger partial charge in [-0.2, -0.15) is 0 Å². The standard InChI is InChI=1S/C12H17ClO2/c1-9(2)5-6-12(13)10(3)7-8-15-11(4)14/h5-6H,1,7-8H2,2-4H3/b6-5+,12-10-. The predicted octanol–water partition coefficient (Wildman–Crippen LogP) is 3.58. The number of esters is 1. The van der Waals surface area contributed by atoms with Gasteiger partial charge in [-0.1, -0.05) is 35.4 Å². The van der Waals surface area contributed by atoms with E-state index in [-0.39, 0.29) is 5.97 Å². The Balaban J connectivity index is 4.14. The largest absolute Gasteiger partial charge is 0.466 e. The minimum atomic E-state index is -0.267. The second-order valence-electron chi connectivity index (χ2n) is 3.40. The Hall–Kier alpha value is -1.02. The summed E-state index contributed by atoms with van der Waals surface area (Å²) in [5.74, 6) is -0.267. The number of hydrogen-bond donors (Lipinski definition) is 0. The molecule has 0 aromatic carbocycles. The minimum Gasteiger partial charge on any atom is -0.466 e. The summed E-state index contributed by atoms with van der Waals surface area (Å²) in [5, 5.41) is 0.671. The van der Waals surface area contributed by atoms with Crippen molar-refractivity contribution < 1.29 is 9.53 Å². The molecule has 0 aliphatic rings. The highest BCUT2D eigenvalue weighted by molar-refractivity contribution is 6.31. The van der Waals surface area contributed by atoms with Crippen LogP contribution in [0.1, 0.15) is 27.2 Å². The second-order valence-corrected chi connectivity index (χ2v) is 3.81. The first-order valence-electron chi connectivity index (χ1n) is 4.75. The fourth-order valence-corrected chi connectivity index (χ4v) is 0.982. The van der Waals surface area contributed by atoms with E-state index in [2.05, 4.69) is 6.58 Å². The molecule has 0 spiro atoms. The molecule has 0 bridgehead atoms. The summed E-state index contributed by atoms with van der Waals surface area (Å²) in [6.07, 6.45) is 4.30. The average molecular weight is 229 g/mol. The van der Waals surface area contributed by atoms with E-state index >= 15 is 0 Å². The maximum Gasteiger partial charge on any atom is 0.302 e. The lowest BCUT2D eigenvalue weighted by Gasteiger charge is -2.03. The van der Waals surface area contributed by atoms with E-state index in [1.165, 1.54) is 6.92 Å². The topological polar surface area (TPSA) is 26.3 Å². The average Bonchev–Trinajstić information content (AvgIpc) is 2.13. The molecule has 3 heteroatoms. The maximum atomic E-state index is 10.5. The summed E-state index contributed by atoms with van der Waals surface area (Å²) in [7, 11) is 0. The normalized spacial score (nSPS) is 12.5. The number of carbonyl (C=O) groups excluding carboxylic acids is 1. The molecule has 0 unspecified atom stereocenters.